The fraction of sp³-hybridized carbons (Fsp3) is 0.588. The zero-order valence-electron chi connectivity index (χ0n) is 14.0. The molecule has 0 spiro atoms. The normalized spacial score (nSPS) is 11.0. The Kier molecular flexibility index (Phi) is 13.1. The average Bonchev–Trinajstić information content (AvgIpc) is 2.49. The molecule has 5 heteroatoms. The maximum absolute atomic E-state index is 5.66. The van der Waals surface area contributed by atoms with Crippen molar-refractivity contribution in [2.75, 3.05) is 26.7 Å². The monoisotopic (exact) mass is 419 g/mol. The highest BCUT2D eigenvalue weighted by atomic mass is 127. The van der Waals surface area contributed by atoms with E-state index in [9.17, 15) is 0 Å². The first-order valence-electron chi connectivity index (χ1n) is 7.84. The van der Waals surface area contributed by atoms with Crippen LogP contribution >= 0.6 is 24.0 Å². The largest absolute Gasteiger partial charge is 0.494 e. The van der Waals surface area contributed by atoms with Crippen LogP contribution in [0.4, 0.5) is 0 Å². The molecule has 0 radical (unpaired) electrons. The Morgan fingerprint density at radius 2 is 1.77 bits per heavy atom. The summed E-state index contributed by atoms with van der Waals surface area (Å²) in [6, 6.07) is 9.94. The van der Waals surface area contributed by atoms with Gasteiger partial charge in [0.15, 0.2) is 5.96 Å². The Hall–Kier alpha value is -0.980. The molecule has 0 aliphatic carbocycles. The number of guanidine groups is 1. The van der Waals surface area contributed by atoms with Gasteiger partial charge >= 0.3 is 0 Å². The Morgan fingerprint density at radius 3 is 2.41 bits per heavy atom. The van der Waals surface area contributed by atoms with E-state index in [0.29, 0.717) is 5.92 Å². The van der Waals surface area contributed by atoms with Crippen LogP contribution in [-0.4, -0.2) is 32.7 Å². The minimum absolute atomic E-state index is 0. The molecule has 0 fully saturated rings. The van der Waals surface area contributed by atoms with Crippen molar-refractivity contribution < 1.29 is 4.74 Å². The van der Waals surface area contributed by atoms with Gasteiger partial charge in [0, 0.05) is 20.1 Å². The van der Waals surface area contributed by atoms with Gasteiger partial charge < -0.3 is 15.4 Å². The fourth-order valence-electron chi connectivity index (χ4n) is 1.84. The first-order valence-corrected chi connectivity index (χ1v) is 7.84. The van der Waals surface area contributed by atoms with Crippen LogP contribution in [0.3, 0.4) is 0 Å². The molecule has 0 aliphatic heterocycles. The molecule has 1 aromatic rings. The summed E-state index contributed by atoms with van der Waals surface area (Å²) in [6.07, 6.45) is 3.26. The van der Waals surface area contributed by atoms with Gasteiger partial charge in [0.2, 0.25) is 0 Å². The molecule has 2 N–H and O–H groups in total. The number of hydrogen-bond acceptors (Lipinski definition) is 2. The van der Waals surface area contributed by atoms with Crippen molar-refractivity contribution in [1.29, 1.82) is 0 Å². The van der Waals surface area contributed by atoms with Crippen LogP contribution in [0.1, 0.15) is 33.1 Å². The summed E-state index contributed by atoms with van der Waals surface area (Å²) in [5.74, 6) is 2.54. The molecule has 1 rings (SSSR count). The average molecular weight is 419 g/mol. The van der Waals surface area contributed by atoms with E-state index in [-0.39, 0.29) is 24.0 Å². The van der Waals surface area contributed by atoms with Crippen LogP contribution in [0.2, 0.25) is 0 Å². The van der Waals surface area contributed by atoms with Gasteiger partial charge in [-0.2, -0.15) is 0 Å². The number of ether oxygens (including phenoxy) is 1. The van der Waals surface area contributed by atoms with Crippen LogP contribution in [-0.2, 0) is 0 Å². The van der Waals surface area contributed by atoms with Crippen molar-refractivity contribution >= 4 is 29.9 Å². The van der Waals surface area contributed by atoms with E-state index in [4.69, 9.17) is 4.74 Å². The summed E-state index contributed by atoms with van der Waals surface area (Å²) in [7, 11) is 1.81. The Labute approximate surface area is 152 Å². The zero-order valence-corrected chi connectivity index (χ0v) is 16.3. The van der Waals surface area contributed by atoms with Crippen molar-refractivity contribution in [3.63, 3.8) is 0 Å². The summed E-state index contributed by atoms with van der Waals surface area (Å²) >= 11 is 0. The summed E-state index contributed by atoms with van der Waals surface area (Å²) in [5, 5.41) is 6.65. The van der Waals surface area contributed by atoms with Crippen molar-refractivity contribution in [3.05, 3.63) is 30.3 Å². The summed E-state index contributed by atoms with van der Waals surface area (Å²) < 4.78 is 5.66. The lowest BCUT2D eigenvalue weighted by molar-refractivity contribution is 0.307. The third kappa shape index (κ3) is 10.7. The highest BCUT2D eigenvalue weighted by Crippen LogP contribution is 2.08. The van der Waals surface area contributed by atoms with E-state index >= 15 is 0 Å². The second-order valence-electron chi connectivity index (χ2n) is 5.48. The number of nitrogens with zero attached hydrogens (tertiary/aromatic N) is 1. The minimum Gasteiger partial charge on any atom is -0.494 e. The van der Waals surface area contributed by atoms with Gasteiger partial charge in [-0.1, -0.05) is 32.0 Å². The maximum Gasteiger partial charge on any atom is 0.190 e. The highest BCUT2D eigenvalue weighted by molar-refractivity contribution is 14.0. The van der Waals surface area contributed by atoms with Crippen molar-refractivity contribution in [2.45, 2.75) is 33.1 Å². The number of aliphatic imine (C=N–C) groups is 1. The summed E-state index contributed by atoms with van der Waals surface area (Å²) in [5.41, 5.74) is 0. The highest BCUT2D eigenvalue weighted by Gasteiger charge is 1.98. The predicted molar refractivity (Wildman–Crippen MR) is 105 cm³/mol. The van der Waals surface area contributed by atoms with Crippen LogP contribution in [0.5, 0.6) is 5.75 Å². The summed E-state index contributed by atoms with van der Waals surface area (Å²) in [6.45, 7) is 7.09. The molecule has 126 valence electrons. The number of hydrogen-bond donors (Lipinski definition) is 2. The number of halogens is 1. The van der Waals surface area contributed by atoms with Crippen molar-refractivity contribution in [3.8, 4) is 5.75 Å². The van der Waals surface area contributed by atoms with Crippen LogP contribution in [0, 0.1) is 5.92 Å². The lowest BCUT2D eigenvalue weighted by Gasteiger charge is -2.12. The number of unbranched alkanes of at least 4 members (excludes halogenated alkanes) is 1. The number of rotatable bonds is 9. The Balaban J connectivity index is 0.00000441. The zero-order chi connectivity index (χ0) is 15.3. The second kappa shape index (κ2) is 13.7. The molecule has 0 saturated heterocycles. The summed E-state index contributed by atoms with van der Waals surface area (Å²) in [4.78, 5) is 4.21. The third-order valence-corrected chi connectivity index (χ3v) is 3.11. The van der Waals surface area contributed by atoms with E-state index in [1.807, 2.05) is 37.4 Å². The molecule has 0 heterocycles. The predicted octanol–water partition coefficient (Wildman–Crippen LogP) is 3.67. The van der Waals surface area contributed by atoms with Gasteiger partial charge in [-0.25, -0.2) is 0 Å². The van der Waals surface area contributed by atoms with Gasteiger partial charge in [0.1, 0.15) is 5.75 Å². The molecule has 1 aromatic carbocycles. The first-order chi connectivity index (χ1) is 10.2. The van der Waals surface area contributed by atoms with Crippen LogP contribution in [0.15, 0.2) is 35.3 Å². The van der Waals surface area contributed by atoms with Gasteiger partial charge in [-0.05, 0) is 37.3 Å². The molecule has 0 amide bonds. The molecule has 0 aliphatic rings. The topological polar surface area (TPSA) is 45.7 Å². The van der Waals surface area contributed by atoms with Gasteiger partial charge in [0.05, 0.1) is 6.61 Å². The number of benzene rings is 1. The van der Waals surface area contributed by atoms with E-state index in [0.717, 1.165) is 50.7 Å². The minimum atomic E-state index is 0. The van der Waals surface area contributed by atoms with Crippen LogP contribution < -0.4 is 15.4 Å². The Morgan fingerprint density at radius 1 is 1.09 bits per heavy atom. The number of nitrogens with one attached hydrogen (secondary N) is 2. The maximum atomic E-state index is 5.66. The molecule has 0 aromatic heterocycles. The van der Waals surface area contributed by atoms with Crippen LogP contribution in [0.25, 0.3) is 0 Å². The molecule has 0 unspecified atom stereocenters. The van der Waals surface area contributed by atoms with E-state index in [1.165, 1.54) is 0 Å². The van der Waals surface area contributed by atoms with E-state index < -0.39 is 0 Å². The molecule has 0 saturated carbocycles. The third-order valence-electron chi connectivity index (χ3n) is 3.11. The molecule has 0 bridgehead atoms. The first kappa shape index (κ1) is 21.0. The molecule has 4 nitrogen and oxygen atoms in total. The quantitative estimate of drug-likeness (QED) is 0.278. The second-order valence-corrected chi connectivity index (χ2v) is 5.48. The van der Waals surface area contributed by atoms with Gasteiger partial charge in [-0.3, -0.25) is 4.99 Å². The fourth-order valence-corrected chi connectivity index (χ4v) is 1.84. The van der Waals surface area contributed by atoms with Gasteiger partial charge in [-0.15, -0.1) is 24.0 Å². The lowest BCUT2D eigenvalue weighted by atomic mass is 10.1. The van der Waals surface area contributed by atoms with Crippen molar-refractivity contribution in [2.24, 2.45) is 10.9 Å². The SMILES string of the molecule is CN=C(NCCCCOc1ccccc1)NCCC(C)C.I. The molecule has 0 atom stereocenters. The van der Waals surface area contributed by atoms with Gasteiger partial charge in [0.25, 0.3) is 0 Å². The molecule has 22 heavy (non-hydrogen) atoms. The number of para-hydroxylation sites is 1. The standard InChI is InChI=1S/C17H29N3O.HI/c1-15(2)11-13-20-17(18-3)19-12-7-8-14-21-16-9-5-4-6-10-16;/h4-6,9-10,15H,7-8,11-14H2,1-3H3,(H2,18,19,20);1H. The lowest BCUT2D eigenvalue weighted by Crippen LogP contribution is -2.38. The Bertz CT molecular complexity index is 396. The van der Waals surface area contributed by atoms with E-state index in [2.05, 4.69) is 29.5 Å². The van der Waals surface area contributed by atoms with E-state index in [1.54, 1.807) is 0 Å². The molecular formula is C17H30IN3O. The van der Waals surface area contributed by atoms with Crippen molar-refractivity contribution in [1.82, 2.24) is 10.6 Å². The smallest absolute Gasteiger partial charge is 0.190 e. The molecular weight excluding hydrogens is 389 g/mol.